The summed E-state index contributed by atoms with van der Waals surface area (Å²) in [6.45, 7) is 2.19. The minimum atomic E-state index is -0.473. The van der Waals surface area contributed by atoms with E-state index in [1.54, 1.807) is 18.2 Å². The molecule has 0 atom stereocenters. The van der Waals surface area contributed by atoms with E-state index >= 15 is 0 Å². The van der Waals surface area contributed by atoms with E-state index in [2.05, 4.69) is 30.9 Å². The third kappa shape index (κ3) is 5.45. The van der Waals surface area contributed by atoms with Crippen molar-refractivity contribution in [2.75, 3.05) is 7.11 Å². The van der Waals surface area contributed by atoms with Crippen LogP contribution >= 0.6 is 0 Å². The molecule has 0 aliphatic heterocycles. The van der Waals surface area contributed by atoms with Gasteiger partial charge in [-0.3, -0.25) is 0 Å². The minimum absolute atomic E-state index is 0.169. The second kappa shape index (κ2) is 9.89. The van der Waals surface area contributed by atoms with Crippen molar-refractivity contribution in [2.45, 2.75) is 32.6 Å². The Morgan fingerprint density at radius 2 is 1.45 bits per heavy atom. The summed E-state index contributed by atoms with van der Waals surface area (Å²) in [6, 6.07) is 17.5. The number of aryl methyl sites for hydroxylation is 1. The fourth-order valence-electron chi connectivity index (χ4n) is 3.15. The number of methoxy groups -OCH3 is 1. The van der Waals surface area contributed by atoms with Gasteiger partial charge in [0.25, 0.3) is 0 Å². The first-order valence-electron chi connectivity index (χ1n) is 9.85. The Bertz CT molecular complexity index is 1030. The molecule has 0 unspecified atom stereocenters. The van der Waals surface area contributed by atoms with Crippen LogP contribution in [0.1, 0.15) is 42.9 Å². The molecule has 0 saturated carbocycles. The lowest BCUT2D eigenvalue weighted by molar-refractivity contribution is 0.386. The number of rotatable bonds is 6. The van der Waals surface area contributed by atoms with E-state index < -0.39 is 5.82 Å². The van der Waals surface area contributed by atoms with E-state index in [4.69, 9.17) is 4.74 Å². The van der Waals surface area contributed by atoms with Crippen molar-refractivity contribution in [1.29, 1.82) is 0 Å². The minimum Gasteiger partial charge on any atom is -0.494 e. The van der Waals surface area contributed by atoms with Gasteiger partial charge in [-0.05, 0) is 54.3 Å². The third-order valence-corrected chi connectivity index (χ3v) is 4.81. The molecule has 29 heavy (non-hydrogen) atoms. The zero-order chi connectivity index (χ0) is 20.6. The fraction of sp³-hybridized carbons (Fsp3) is 0.231. The predicted molar refractivity (Wildman–Crippen MR) is 114 cm³/mol. The Morgan fingerprint density at radius 1 is 0.793 bits per heavy atom. The number of hydrogen-bond acceptors (Lipinski definition) is 1. The van der Waals surface area contributed by atoms with Crippen molar-refractivity contribution in [3.63, 3.8) is 0 Å². The van der Waals surface area contributed by atoms with Gasteiger partial charge in [0.15, 0.2) is 11.6 Å². The van der Waals surface area contributed by atoms with E-state index in [0.29, 0.717) is 16.7 Å². The Hall–Kier alpha value is -3.12. The number of hydrogen-bond donors (Lipinski definition) is 0. The van der Waals surface area contributed by atoms with Crippen molar-refractivity contribution in [3.8, 4) is 28.7 Å². The second-order valence-corrected chi connectivity index (χ2v) is 6.95. The molecule has 1 nitrogen and oxygen atoms in total. The molecule has 0 fully saturated rings. The molecule has 3 aromatic carbocycles. The molecule has 0 radical (unpaired) electrons. The summed E-state index contributed by atoms with van der Waals surface area (Å²) in [7, 11) is 1.41. The second-order valence-electron chi connectivity index (χ2n) is 6.95. The predicted octanol–water partition coefficient (Wildman–Crippen LogP) is 6.77. The van der Waals surface area contributed by atoms with Gasteiger partial charge in [-0.1, -0.05) is 61.9 Å². The van der Waals surface area contributed by atoms with Gasteiger partial charge in [0.1, 0.15) is 5.82 Å². The summed E-state index contributed by atoms with van der Waals surface area (Å²) < 4.78 is 33.3. The SMILES string of the molecule is CCCCCc1ccc(-c2ccc(C#Cc3ccc(OC)c(F)c3)cc2F)cc1. The number of unbranched alkanes of at least 4 members (excludes halogenated alkanes) is 2. The van der Waals surface area contributed by atoms with Crippen LogP contribution in [-0.2, 0) is 6.42 Å². The van der Waals surface area contributed by atoms with Gasteiger partial charge < -0.3 is 4.74 Å². The van der Waals surface area contributed by atoms with Crippen LogP contribution in [0.15, 0.2) is 60.7 Å². The van der Waals surface area contributed by atoms with E-state index in [9.17, 15) is 8.78 Å². The van der Waals surface area contributed by atoms with Crippen LogP contribution in [0.4, 0.5) is 8.78 Å². The average Bonchev–Trinajstić information content (AvgIpc) is 2.73. The molecule has 0 spiro atoms. The smallest absolute Gasteiger partial charge is 0.166 e. The van der Waals surface area contributed by atoms with E-state index in [0.717, 1.165) is 12.0 Å². The number of halogens is 2. The largest absolute Gasteiger partial charge is 0.494 e. The summed E-state index contributed by atoms with van der Waals surface area (Å²) in [5, 5.41) is 0. The molecule has 0 bridgehead atoms. The van der Waals surface area contributed by atoms with Gasteiger partial charge >= 0.3 is 0 Å². The van der Waals surface area contributed by atoms with Gasteiger partial charge in [-0.2, -0.15) is 0 Å². The lowest BCUT2D eigenvalue weighted by Crippen LogP contribution is -1.89. The van der Waals surface area contributed by atoms with Crippen LogP contribution in [0.3, 0.4) is 0 Å². The summed E-state index contributed by atoms with van der Waals surface area (Å²) in [5.74, 6) is 5.12. The van der Waals surface area contributed by atoms with Gasteiger partial charge in [0, 0.05) is 16.7 Å². The van der Waals surface area contributed by atoms with Crippen LogP contribution in [0, 0.1) is 23.5 Å². The molecule has 0 amide bonds. The zero-order valence-corrected chi connectivity index (χ0v) is 16.8. The first-order chi connectivity index (χ1) is 14.1. The van der Waals surface area contributed by atoms with E-state index in [1.165, 1.54) is 50.1 Å². The quantitative estimate of drug-likeness (QED) is 0.333. The third-order valence-electron chi connectivity index (χ3n) is 4.81. The maximum absolute atomic E-state index is 14.6. The Morgan fingerprint density at radius 3 is 2.03 bits per heavy atom. The molecule has 148 valence electrons. The molecule has 0 heterocycles. The monoisotopic (exact) mass is 390 g/mol. The molecule has 0 saturated heterocycles. The summed E-state index contributed by atoms with van der Waals surface area (Å²) in [4.78, 5) is 0. The zero-order valence-electron chi connectivity index (χ0n) is 16.8. The highest BCUT2D eigenvalue weighted by Gasteiger charge is 2.06. The van der Waals surface area contributed by atoms with Crippen LogP contribution in [-0.4, -0.2) is 7.11 Å². The van der Waals surface area contributed by atoms with Gasteiger partial charge in [0.2, 0.25) is 0 Å². The van der Waals surface area contributed by atoms with E-state index in [1.807, 2.05) is 12.1 Å². The van der Waals surface area contributed by atoms with Crippen LogP contribution < -0.4 is 4.74 Å². The Kier molecular flexibility index (Phi) is 7.03. The highest BCUT2D eigenvalue weighted by Crippen LogP contribution is 2.24. The summed E-state index contributed by atoms with van der Waals surface area (Å²) in [5.41, 5.74) is 3.71. The molecule has 3 aromatic rings. The maximum atomic E-state index is 14.6. The molecule has 0 N–H and O–H groups in total. The first-order valence-corrected chi connectivity index (χ1v) is 9.85. The van der Waals surface area contributed by atoms with E-state index in [-0.39, 0.29) is 11.6 Å². The number of benzene rings is 3. The molecule has 3 rings (SSSR count). The van der Waals surface area contributed by atoms with Crippen LogP contribution in [0.2, 0.25) is 0 Å². The number of ether oxygens (including phenoxy) is 1. The highest BCUT2D eigenvalue weighted by molar-refractivity contribution is 5.65. The van der Waals surface area contributed by atoms with Crippen molar-refractivity contribution in [1.82, 2.24) is 0 Å². The molecular weight excluding hydrogens is 366 g/mol. The van der Waals surface area contributed by atoms with Crippen molar-refractivity contribution in [3.05, 3.63) is 89.0 Å². The topological polar surface area (TPSA) is 9.23 Å². The fourth-order valence-corrected chi connectivity index (χ4v) is 3.15. The van der Waals surface area contributed by atoms with Gasteiger partial charge in [-0.15, -0.1) is 0 Å². The van der Waals surface area contributed by atoms with Gasteiger partial charge in [0.05, 0.1) is 7.11 Å². The summed E-state index contributed by atoms with van der Waals surface area (Å²) >= 11 is 0. The van der Waals surface area contributed by atoms with Crippen LogP contribution in [0.5, 0.6) is 5.75 Å². The Labute approximate surface area is 171 Å². The average molecular weight is 390 g/mol. The molecule has 0 aromatic heterocycles. The van der Waals surface area contributed by atoms with Gasteiger partial charge in [-0.25, -0.2) is 8.78 Å². The highest BCUT2D eigenvalue weighted by atomic mass is 19.1. The lowest BCUT2D eigenvalue weighted by atomic mass is 10.00. The molecular formula is C26H24F2O. The molecule has 0 aliphatic rings. The lowest BCUT2D eigenvalue weighted by Gasteiger charge is -2.06. The molecule has 3 heteroatoms. The summed E-state index contributed by atoms with van der Waals surface area (Å²) in [6.07, 6.45) is 4.65. The molecule has 0 aliphatic carbocycles. The normalized spacial score (nSPS) is 10.3. The standard InChI is InChI=1S/C26H24F2O/c1-3-4-5-6-19-9-13-22(14-10-19)23-15-11-20(17-24(23)27)7-8-21-12-16-26(29-2)25(28)18-21/h9-18H,3-6H2,1-2H3. The van der Waals surface area contributed by atoms with Crippen molar-refractivity contribution >= 4 is 0 Å². The maximum Gasteiger partial charge on any atom is 0.166 e. The first kappa shape index (κ1) is 20.6. The van der Waals surface area contributed by atoms with Crippen molar-refractivity contribution < 1.29 is 13.5 Å². The van der Waals surface area contributed by atoms with Crippen LogP contribution in [0.25, 0.3) is 11.1 Å². The Balaban J connectivity index is 1.75. The van der Waals surface area contributed by atoms with Crippen molar-refractivity contribution in [2.24, 2.45) is 0 Å².